The molecule has 0 saturated heterocycles. The van der Waals surface area contributed by atoms with Gasteiger partial charge >= 0.3 is 0 Å². The number of hydrogen-bond donors (Lipinski definition) is 0. The maximum atomic E-state index is 11.7. The van der Waals surface area contributed by atoms with E-state index in [0.717, 1.165) is 0 Å². The maximum absolute atomic E-state index is 11.7. The number of methoxy groups -OCH3 is 1. The summed E-state index contributed by atoms with van der Waals surface area (Å²) in [6.07, 6.45) is 2.64. The van der Waals surface area contributed by atoms with Crippen molar-refractivity contribution in [2.24, 2.45) is 0 Å². The SMILES string of the molecule is COc1occc1-c1ccccc1S(C)(=O)=O. The Morgan fingerprint density at radius 1 is 1.12 bits per heavy atom. The van der Waals surface area contributed by atoms with E-state index in [2.05, 4.69) is 0 Å². The van der Waals surface area contributed by atoms with Gasteiger partial charge in [-0.3, -0.25) is 0 Å². The van der Waals surface area contributed by atoms with Gasteiger partial charge in [0.2, 0.25) is 0 Å². The van der Waals surface area contributed by atoms with Crippen molar-refractivity contribution in [1.29, 1.82) is 0 Å². The Balaban J connectivity index is 2.69. The lowest BCUT2D eigenvalue weighted by Crippen LogP contribution is -1.99. The van der Waals surface area contributed by atoms with Gasteiger partial charge in [-0.1, -0.05) is 18.2 Å². The molecule has 0 fully saturated rings. The first kappa shape index (κ1) is 11.7. The second-order valence-corrected chi connectivity index (χ2v) is 5.58. The molecule has 0 aliphatic carbocycles. The molecule has 0 bridgehead atoms. The number of benzene rings is 1. The normalized spacial score (nSPS) is 11.4. The summed E-state index contributed by atoms with van der Waals surface area (Å²) >= 11 is 0. The van der Waals surface area contributed by atoms with Crippen molar-refractivity contribution in [3.63, 3.8) is 0 Å². The van der Waals surface area contributed by atoms with E-state index in [4.69, 9.17) is 9.15 Å². The van der Waals surface area contributed by atoms with Crippen LogP contribution in [0.1, 0.15) is 0 Å². The van der Waals surface area contributed by atoms with Crippen LogP contribution in [0.3, 0.4) is 0 Å². The number of furan rings is 1. The molecule has 0 atom stereocenters. The highest BCUT2D eigenvalue weighted by Crippen LogP contribution is 2.34. The van der Waals surface area contributed by atoms with E-state index in [1.807, 2.05) is 0 Å². The number of sulfone groups is 1. The largest absolute Gasteiger partial charge is 0.468 e. The predicted molar refractivity (Wildman–Crippen MR) is 63.8 cm³/mol. The summed E-state index contributed by atoms with van der Waals surface area (Å²) in [5.41, 5.74) is 1.22. The summed E-state index contributed by atoms with van der Waals surface area (Å²) in [7, 11) is -1.80. The van der Waals surface area contributed by atoms with Gasteiger partial charge in [-0.05, 0) is 12.1 Å². The van der Waals surface area contributed by atoms with E-state index in [0.29, 0.717) is 17.1 Å². The van der Waals surface area contributed by atoms with E-state index in [9.17, 15) is 8.42 Å². The minimum absolute atomic E-state index is 0.264. The molecular weight excluding hydrogens is 240 g/mol. The third-order valence-corrected chi connectivity index (χ3v) is 3.55. The third-order valence-electron chi connectivity index (χ3n) is 2.39. The van der Waals surface area contributed by atoms with Gasteiger partial charge in [0.25, 0.3) is 5.95 Å². The summed E-state index contributed by atoms with van der Waals surface area (Å²) in [5, 5.41) is 0. The number of rotatable bonds is 3. The smallest absolute Gasteiger partial charge is 0.292 e. The third kappa shape index (κ3) is 2.19. The lowest BCUT2D eigenvalue weighted by atomic mass is 10.1. The molecule has 0 spiro atoms. The fourth-order valence-corrected chi connectivity index (χ4v) is 2.57. The Morgan fingerprint density at radius 2 is 1.82 bits per heavy atom. The van der Waals surface area contributed by atoms with Crippen LogP contribution in [-0.2, 0) is 9.84 Å². The fourth-order valence-electron chi connectivity index (χ4n) is 1.67. The van der Waals surface area contributed by atoms with E-state index in [1.165, 1.54) is 19.6 Å². The topological polar surface area (TPSA) is 56.5 Å². The Hall–Kier alpha value is -1.75. The fraction of sp³-hybridized carbons (Fsp3) is 0.167. The average Bonchev–Trinajstić information content (AvgIpc) is 2.75. The molecule has 1 aromatic carbocycles. The molecule has 2 aromatic rings. The van der Waals surface area contributed by atoms with Crippen molar-refractivity contribution < 1.29 is 17.6 Å². The van der Waals surface area contributed by atoms with Crippen LogP contribution in [0, 0.1) is 0 Å². The van der Waals surface area contributed by atoms with Crippen LogP contribution < -0.4 is 4.74 Å². The van der Waals surface area contributed by atoms with Crippen LogP contribution in [0.15, 0.2) is 45.9 Å². The molecule has 0 unspecified atom stereocenters. The van der Waals surface area contributed by atoms with E-state index < -0.39 is 9.84 Å². The molecule has 5 heteroatoms. The molecular formula is C12H12O4S. The van der Waals surface area contributed by atoms with Crippen molar-refractivity contribution in [2.75, 3.05) is 13.4 Å². The Labute approximate surface area is 99.8 Å². The van der Waals surface area contributed by atoms with E-state index in [-0.39, 0.29) is 4.90 Å². The molecule has 4 nitrogen and oxygen atoms in total. The number of ether oxygens (including phenoxy) is 1. The van der Waals surface area contributed by atoms with Gasteiger partial charge in [-0.25, -0.2) is 8.42 Å². The summed E-state index contributed by atoms with van der Waals surface area (Å²) in [6.45, 7) is 0. The van der Waals surface area contributed by atoms with Crippen molar-refractivity contribution in [3.05, 3.63) is 36.6 Å². The van der Waals surface area contributed by atoms with Crippen molar-refractivity contribution in [3.8, 4) is 17.1 Å². The van der Waals surface area contributed by atoms with E-state index >= 15 is 0 Å². The minimum atomic E-state index is -3.28. The second kappa shape index (κ2) is 4.25. The van der Waals surface area contributed by atoms with Crippen LogP contribution in [0.5, 0.6) is 5.95 Å². The Kier molecular flexibility index (Phi) is 2.93. The first-order chi connectivity index (χ1) is 8.04. The summed E-state index contributed by atoms with van der Waals surface area (Å²) < 4.78 is 33.5. The monoisotopic (exact) mass is 252 g/mol. The van der Waals surface area contributed by atoms with Gasteiger partial charge in [0.05, 0.1) is 23.8 Å². The summed E-state index contributed by atoms with van der Waals surface area (Å²) in [4.78, 5) is 0.264. The predicted octanol–water partition coefficient (Wildman–Crippen LogP) is 2.36. The van der Waals surface area contributed by atoms with Crippen LogP contribution in [-0.4, -0.2) is 21.8 Å². The van der Waals surface area contributed by atoms with Crippen molar-refractivity contribution in [2.45, 2.75) is 4.90 Å². The Bertz CT molecular complexity index is 625. The standard InChI is InChI=1S/C12H12O4S/c1-15-12-10(7-8-16-12)9-5-3-4-6-11(9)17(2,13)14/h3-8H,1-2H3. The highest BCUT2D eigenvalue weighted by atomic mass is 32.2. The minimum Gasteiger partial charge on any atom is -0.468 e. The Morgan fingerprint density at radius 3 is 2.47 bits per heavy atom. The van der Waals surface area contributed by atoms with Crippen molar-refractivity contribution in [1.82, 2.24) is 0 Å². The molecule has 0 radical (unpaired) electrons. The molecule has 0 aliphatic heterocycles. The van der Waals surface area contributed by atoms with Gasteiger partial charge in [-0.15, -0.1) is 0 Å². The molecule has 90 valence electrons. The summed E-state index contributed by atoms with van der Waals surface area (Å²) in [6, 6.07) is 8.44. The molecule has 0 amide bonds. The lowest BCUT2D eigenvalue weighted by Gasteiger charge is -2.06. The first-order valence-electron chi connectivity index (χ1n) is 4.95. The zero-order valence-corrected chi connectivity index (χ0v) is 10.3. The van der Waals surface area contributed by atoms with Gasteiger partial charge in [0.1, 0.15) is 0 Å². The zero-order chi connectivity index (χ0) is 12.5. The second-order valence-electron chi connectivity index (χ2n) is 3.59. The first-order valence-corrected chi connectivity index (χ1v) is 6.84. The van der Waals surface area contributed by atoms with Gasteiger partial charge in [0, 0.05) is 11.8 Å². The molecule has 0 aliphatic rings. The molecule has 0 N–H and O–H groups in total. The zero-order valence-electron chi connectivity index (χ0n) is 9.51. The van der Waals surface area contributed by atoms with Crippen LogP contribution in [0.4, 0.5) is 0 Å². The molecule has 1 heterocycles. The average molecular weight is 252 g/mol. The molecule has 1 aromatic heterocycles. The molecule has 17 heavy (non-hydrogen) atoms. The number of hydrogen-bond acceptors (Lipinski definition) is 4. The lowest BCUT2D eigenvalue weighted by molar-refractivity contribution is 0.306. The molecule has 0 saturated carbocycles. The molecule has 2 rings (SSSR count). The van der Waals surface area contributed by atoms with Crippen LogP contribution >= 0.6 is 0 Å². The van der Waals surface area contributed by atoms with Crippen LogP contribution in [0.25, 0.3) is 11.1 Å². The summed E-state index contributed by atoms with van der Waals surface area (Å²) in [5.74, 6) is 0.307. The highest BCUT2D eigenvalue weighted by Gasteiger charge is 2.18. The van der Waals surface area contributed by atoms with Gasteiger partial charge in [-0.2, -0.15) is 0 Å². The highest BCUT2D eigenvalue weighted by molar-refractivity contribution is 7.90. The van der Waals surface area contributed by atoms with Gasteiger partial charge in [0.15, 0.2) is 9.84 Å². The van der Waals surface area contributed by atoms with Crippen LogP contribution in [0.2, 0.25) is 0 Å². The van der Waals surface area contributed by atoms with Gasteiger partial charge < -0.3 is 9.15 Å². The van der Waals surface area contributed by atoms with E-state index in [1.54, 1.807) is 30.3 Å². The maximum Gasteiger partial charge on any atom is 0.292 e. The van der Waals surface area contributed by atoms with Crippen molar-refractivity contribution >= 4 is 9.84 Å². The quantitative estimate of drug-likeness (QED) is 0.841.